The molecular weight excluding hydrogens is 404 g/mol. The molecule has 32 heavy (non-hydrogen) atoms. The molecule has 6 heteroatoms. The molecule has 0 aliphatic rings. The van der Waals surface area contributed by atoms with Crippen LogP contribution in [0.1, 0.15) is 50.5 Å². The summed E-state index contributed by atoms with van der Waals surface area (Å²) in [6.07, 6.45) is -0.777. The van der Waals surface area contributed by atoms with Gasteiger partial charge < -0.3 is 20.1 Å². The average molecular weight is 433 g/mol. The molecule has 0 aromatic heterocycles. The van der Waals surface area contributed by atoms with E-state index in [2.05, 4.69) is 10.6 Å². The minimum absolute atomic E-state index is 0.295. The van der Waals surface area contributed by atoms with Gasteiger partial charge in [0.05, 0.1) is 13.7 Å². The number of hydrogen-bond acceptors (Lipinski definition) is 4. The van der Waals surface area contributed by atoms with E-state index in [-0.39, 0.29) is 11.8 Å². The Morgan fingerprint density at radius 3 is 1.84 bits per heavy atom. The number of methoxy groups -OCH3 is 1. The normalized spacial score (nSPS) is 10.5. The fourth-order valence-corrected chi connectivity index (χ4v) is 3.34. The van der Waals surface area contributed by atoms with Gasteiger partial charge in [-0.2, -0.15) is 0 Å². The maximum Gasteiger partial charge on any atom is 0.253 e. The molecule has 2 N–H and O–H groups in total. The van der Waals surface area contributed by atoms with Crippen molar-refractivity contribution in [2.24, 2.45) is 0 Å². The number of benzene rings is 3. The number of hydrogen-bond donors (Lipinski definition) is 2. The molecule has 0 radical (unpaired) electrons. The van der Waals surface area contributed by atoms with Gasteiger partial charge in [-0.15, -0.1) is 0 Å². The van der Waals surface area contributed by atoms with Gasteiger partial charge in [-0.05, 0) is 62.7 Å². The Bertz CT molecular complexity index is 1050. The standard InChI is InChI=1S/C26H28N2O4/c1-5-32-22-13-12-19(16-23(22)31-4)24(27-25(29)20-10-6-8-17(2)14-20)28-26(30)21-11-7-9-18(3)15-21/h6-16,24H,5H2,1-4H3,(H,27,29)(H,28,30). The van der Waals surface area contributed by atoms with E-state index in [0.717, 1.165) is 11.1 Å². The Hall–Kier alpha value is -3.80. The lowest BCUT2D eigenvalue weighted by Crippen LogP contribution is -2.41. The first-order valence-corrected chi connectivity index (χ1v) is 10.5. The summed E-state index contributed by atoms with van der Waals surface area (Å²) in [5.74, 6) is 0.517. The minimum atomic E-state index is -0.777. The third kappa shape index (κ3) is 5.66. The summed E-state index contributed by atoms with van der Waals surface area (Å²) < 4.78 is 11.0. The maximum atomic E-state index is 13.0. The Labute approximate surface area is 188 Å². The second-order valence-electron chi connectivity index (χ2n) is 7.46. The number of carbonyl (C=O) groups is 2. The molecule has 0 saturated heterocycles. The van der Waals surface area contributed by atoms with Gasteiger partial charge >= 0.3 is 0 Å². The van der Waals surface area contributed by atoms with E-state index in [1.807, 2.05) is 45.0 Å². The lowest BCUT2D eigenvalue weighted by Gasteiger charge is -2.22. The van der Waals surface area contributed by atoms with Crippen molar-refractivity contribution in [2.45, 2.75) is 26.9 Å². The van der Waals surface area contributed by atoms with E-state index in [4.69, 9.17) is 9.47 Å². The van der Waals surface area contributed by atoms with Crippen LogP contribution in [0.3, 0.4) is 0 Å². The van der Waals surface area contributed by atoms with E-state index in [9.17, 15) is 9.59 Å². The van der Waals surface area contributed by atoms with Crippen molar-refractivity contribution in [3.8, 4) is 11.5 Å². The van der Waals surface area contributed by atoms with Crippen molar-refractivity contribution in [1.82, 2.24) is 10.6 Å². The van der Waals surface area contributed by atoms with Gasteiger partial charge in [-0.1, -0.05) is 41.5 Å². The summed E-state index contributed by atoms with van der Waals surface area (Å²) in [4.78, 5) is 25.9. The average Bonchev–Trinajstić information content (AvgIpc) is 2.79. The van der Waals surface area contributed by atoms with E-state index in [1.165, 1.54) is 0 Å². The molecule has 2 amide bonds. The first-order chi connectivity index (χ1) is 15.4. The molecule has 166 valence electrons. The smallest absolute Gasteiger partial charge is 0.253 e. The summed E-state index contributed by atoms with van der Waals surface area (Å²) >= 11 is 0. The van der Waals surface area contributed by atoms with Crippen LogP contribution in [-0.2, 0) is 0 Å². The molecule has 0 bridgehead atoms. The Morgan fingerprint density at radius 1 is 0.812 bits per heavy atom. The summed E-state index contributed by atoms with van der Waals surface area (Å²) in [5, 5.41) is 5.86. The highest BCUT2D eigenvalue weighted by atomic mass is 16.5. The third-order valence-corrected chi connectivity index (χ3v) is 4.93. The van der Waals surface area contributed by atoms with Crippen LogP contribution in [0.2, 0.25) is 0 Å². The van der Waals surface area contributed by atoms with Gasteiger partial charge in [0.2, 0.25) is 0 Å². The molecule has 3 rings (SSSR count). The first-order valence-electron chi connectivity index (χ1n) is 10.5. The van der Waals surface area contributed by atoms with Crippen LogP contribution in [0.4, 0.5) is 0 Å². The highest BCUT2D eigenvalue weighted by Crippen LogP contribution is 2.30. The lowest BCUT2D eigenvalue weighted by atomic mass is 10.1. The molecule has 0 fully saturated rings. The first kappa shape index (κ1) is 22.9. The molecule has 0 unspecified atom stereocenters. The number of aryl methyl sites for hydroxylation is 2. The van der Waals surface area contributed by atoms with Gasteiger partial charge in [-0.3, -0.25) is 9.59 Å². The summed E-state index contributed by atoms with van der Waals surface area (Å²) in [7, 11) is 1.55. The Morgan fingerprint density at radius 2 is 1.38 bits per heavy atom. The van der Waals surface area contributed by atoms with Crippen molar-refractivity contribution in [1.29, 1.82) is 0 Å². The molecule has 3 aromatic carbocycles. The molecule has 0 saturated carbocycles. The zero-order valence-electron chi connectivity index (χ0n) is 18.8. The van der Waals surface area contributed by atoms with Crippen molar-refractivity contribution in [3.63, 3.8) is 0 Å². The van der Waals surface area contributed by atoms with E-state index < -0.39 is 6.17 Å². The van der Waals surface area contributed by atoms with Gasteiger partial charge in [0.25, 0.3) is 11.8 Å². The second kappa shape index (κ2) is 10.5. The van der Waals surface area contributed by atoms with Crippen molar-refractivity contribution < 1.29 is 19.1 Å². The van der Waals surface area contributed by atoms with Crippen LogP contribution in [0.25, 0.3) is 0 Å². The van der Waals surface area contributed by atoms with Gasteiger partial charge in [0.1, 0.15) is 6.17 Å². The molecule has 6 nitrogen and oxygen atoms in total. The molecule has 3 aromatic rings. The lowest BCUT2D eigenvalue weighted by molar-refractivity contribution is 0.0883. The topological polar surface area (TPSA) is 76.7 Å². The van der Waals surface area contributed by atoms with Gasteiger partial charge in [0, 0.05) is 11.1 Å². The number of ether oxygens (including phenoxy) is 2. The molecule has 0 heterocycles. The Kier molecular flexibility index (Phi) is 7.49. The molecular formula is C26H28N2O4. The molecule has 0 aliphatic heterocycles. The quantitative estimate of drug-likeness (QED) is 0.511. The zero-order chi connectivity index (χ0) is 23.1. The molecule has 0 spiro atoms. The van der Waals surface area contributed by atoms with Gasteiger partial charge in [0.15, 0.2) is 11.5 Å². The SMILES string of the molecule is CCOc1ccc(C(NC(=O)c2cccc(C)c2)NC(=O)c2cccc(C)c2)cc1OC. The van der Waals surface area contributed by atoms with Crippen molar-refractivity contribution >= 4 is 11.8 Å². The predicted molar refractivity (Wildman–Crippen MR) is 124 cm³/mol. The maximum absolute atomic E-state index is 13.0. The largest absolute Gasteiger partial charge is 0.493 e. The Balaban J connectivity index is 1.93. The van der Waals surface area contributed by atoms with Crippen LogP contribution in [0, 0.1) is 13.8 Å². The van der Waals surface area contributed by atoms with Crippen LogP contribution in [-0.4, -0.2) is 25.5 Å². The van der Waals surface area contributed by atoms with E-state index >= 15 is 0 Å². The summed E-state index contributed by atoms with van der Waals surface area (Å²) in [5.41, 5.74) is 3.63. The number of amides is 2. The zero-order valence-corrected chi connectivity index (χ0v) is 18.8. The van der Waals surface area contributed by atoms with Crippen molar-refractivity contribution in [2.75, 3.05) is 13.7 Å². The number of carbonyl (C=O) groups excluding carboxylic acids is 2. The summed E-state index contributed by atoms with van der Waals surface area (Å²) in [6.45, 7) is 6.23. The number of rotatable bonds is 8. The van der Waals surface area contributed by atoms with Crippen LogP contribution < -0.4 is 20.1 Å². The van der Waals surface area contributed by atoms with E-state index in [0.29, 0.717) is 34.8 Å². The highest BCUT2D eigenvalue weighted by Gasteiger charge is 2.21. The number of nitrogens with one attached hydrogen (secondary N) is 2. The predicted octanol–water partition coefficient (Wildman–Crippen LogP) is 4.57. The molecule has 0 aliphatic carbocycles. The van der Waals surface area contributed by atoms with E-state index in [1.54, 1.807) is 49.6 Å². The monoisotopic (exact) mass is 432 g/mol. The van der Waals surface area contributed by atoms with Crippen LogP contribution in [0.5, 0.6) is 11.5 Å². The van der Waals surface area contributed by atoms with Crippen LogP contribution in [0.15, 0.2) is 66.7 Å². The van der Waals surface area contributed by atoms with Crippen molar-refractivity contribution in [3.05, 3.63) is 94.5 Å². The van der Waals surface area contributed by atoms with Crippen LogP contribution >= 0.6 is 0 Å². The van der Waals surface area contributed by atoms with Gasteiger partial charge in [-0.25, -0.2) is 0 Å². The highest BCUT2D eigenvalue weighted by molar-refractivity contribution is 5.97. The third-order valence-electron chi connectivity index (χ3n) is 4.93. The fourth-order valence-electron chi connectivity index (χ4n) is 3.34. The fraction of sp³-hybridized carbons (Fsp3) is 0.231. The molecule has 0 atom stereocenters. The summed E-state index contributed by atoms with van der Waals surface area (Å²) in [6, 6.07) is 19.9. The second-order valence-corrected chi connectivity index (χ2v) is 7.46. The minimum Gasteiger partial charge on any atom is -0.493 e.